The molecule has 11 nitrogen and oxygen atoms in total. The number of benzene rings is 3. The van der Waals surface area contributed by atoms with Crippen LogP contribution in [0.4, 0.5) is 4.79 Å². The molecule has 0 spiro atoms. The van der Waals surface area contributed by atoms with Crippen molar-refractivity contribution < 1.29 is 36.8 Å². The average Bonchev–Trinajstić information content (AvgIpc) is 2.93. The van der Waals surface area contributed by atoms with Crippen molar-refractivity contribution in [2.75, 3.05) is 12.8 Å². The molecule has 0 radical (unpaired) electrons. The van der Waals surface area contributed by atoms with E-state index < -0.39 is 28.1 Å². The number of amides is 1. The smallest absolute Gasteiger partial charge is 0.407 e. The van der Waals surface area contributed by atoms with Crippen molar-refractivity contribution in [3.8, 4) is 5.75 Å². The van der Waals surface area contributed by atoms with Gasteiger partial charge in [-0.2, -0.15) is 8.42 Å². The molecule has 0 saturated carbocycles. The zero-order valence-electron chi connectivity index (χ0n) is 22.5. The number of carbonyl (C=O) groups excluding carboxylic acids is 3. The molecule has 0 bridgehead atoms. The summed E-state index contributed by atoms with van der Waals surface area (Å²) >= 11 is 0. The second-order valence-corrected chi connectivity index (χ2v) is 10.3. The van der Waals surface area contributed by atoms with Gasteiger partial charge in [0.15, 0.2) is 5.78 Å². The molecule has 0 saturated heterocycles. The van der Waals surface area contributed by atoms with Crippen molar-refractivity contribution in [3.05, 3.63) is 102 Å². The number of ether oxygens (including phenoxy) is 2. The fraction of sp³-hybridized carbons (Fsp3) is 0.241. The van der Waals surface area contributed by atoms with Crippen molar-refractivity contribution in [3.63, 3.8) is 0 Å². The van der Waals surface area contributed by atoms with Gasteiger partial charge in [0, 0.05) is 24.4 Å². The molecular formula is C29H33N3O8S. The lowest BCUT2D eigenvalue weighted by Crippen LogP contribution is -2.31. The fourth-order valence-electron chi connectivity index (χ4n) is 3.53. The lowest BCUT2D eigenvalue weighted by Gasteiger charge is -2.16. The van der Waals surface area contributed by atoms with Crippen LogP contribution in [0.3, 0.4) is 0 Å². The molecule has 0 aromatic heterocycles. The minimum absolute atomic E-state index is 0.00341. The molecule has 1 atom stereocenters. The number of nitrogens with one attached hydrogen (secondary N) is 2. The Morgan fingerprint density at radius 1 is 0.927 bits per heavy atom. The molecule has 218 valence electrons. The number of ketones is 1. The summed E-state index contributed by atoms with van der Waals surface area (Å²) < 4.78 is 36.5. The third-order valence-electron chi connectivity index (χ3n) is 5.50. The van der Waals surface area contributed by atoms with Crippen molar-refractivity contribution in [1.29, 1.82) is 5.41 Å². The molecular weight excluding hydrogens is 550 g/mol. The van der Waals surface area contributed by atoms with Crippen molar-refractivity contribution >= 4 is 33.8 Å². The van der Waals surface area contributed by atoms with Gasteiger partial charge < -0.3 is 20.5 Å². The molecule has 3 rings (SSSR count). The van der Waals surface area contributed by atoms with Gasteiger partial charge in [-0.15, -0.1) is 0 Å². The average molecular weight is 584 g/mol. The standard InChI is InChI=1S/C28H29N3O5.CH4O3S/c29-27(30)22(17-18-31-28(34)35-19-20-9-3-1-4-10-20)15-16-25(32)36-24-14-8-7-13-23(24)26(33)21-11-5-2-6-12-21;1-5(2,3)4/h1-14,22H,15-19H2,(H3,29,30)(H,31,34);1H3,(H,2,3,4). The molecule has 3 aromatic carbocycles. The van der Waals surface area contributed by atoms with E-state index in [9.17, 15) is 22.8 Å². The Bertz CT molecular complexity index is 1410. The predicted octanol–water partition coefficient (Wildman–Crippen LogP) is 3.98. The Kier molecular flexibility index (Phi) is 13.2. The number of rotatable bonds is 12. The fourth-order valence-corrected chi connectivity index (χ4v) is 3.53. The highest BCUT2D eigenvalue weighted by atomic mass is 32.2. The summed E-state index contributed by atoms with van der Waals surface area (Å²) in [6, 6.07) is 24.6. The van der Waals surface area contributed by atoms with Gasteiger partial charge >= 0.3 is 12.1 Å². The van der Waals surface area contributed by atoms with Crippen molar-refractivity contribution in [2.24, 2.45) is 11.7 Å². The summed E-state index contributed by atoms with van der Waals surface area (Å²) in [6.45, 7) is 0.393. The van der Waals surface area contributed by atoms with E-state index in [-0.39, 0.29) is 43.4 Å². The number of amidine groups is 1. The summed E-state index contributed by atoms with van der Waals surface area (Å²) in [5.74, 6) is -1.11. The zero-order valence-corrected chi connectivity index (χ0v) is 23.3. The van der Waals surface area contributed by atoms with E-state index >= 15 is 0 Å². The molecule has 0 heterocycles. The van der Waals surface area contributed by atoms with Crippen LogP contribution in [0.25, 0.3) is 0 Å². The van der Waals surface area contributed by atoms with Gasteiger partial charge in [0.05, 0.1) is 17.7 Å². The van der Waals surface area contributed by atoms with Crippen LogP contribution in [0, 0.1) is 11.3 Å². The van der Waals surface area contributed by atoms with Crippen LogP contribution >= 0.6 is 0 Å². The van der Waals surface area contributed by atoms with Gasteiger partial charge in [0.25, 0.3) is 10.1 Å². The van der Waals surface area contributed by atoms with Gasteiger partial charge in [-0.25, -0.2) is 4.79 Å². The lowest BCUT2D eigenvalue weighted by molar-refractivity contribution is -0.134. The van der Waals surface area contributed by atoms with Crippen LogP contribution in [-0.4, -0.2) is 49.5 Å². The number of esters is 1. The number of hydrogen-bond acceptors (Lipinski definition) is 8. The number of para-hydroxylation sites is 1. The quantitative estimate of drug-likeness (QED) is 0.0611. The van der Waals surface area contributed by atoms with Gasteiger partial charge in [-0.3, -0.25) is 19.6 Å². The first kappa shape index (κ1) is 32.7. The molecule has 1 amide bonds. The first-order chi connectivity index (χ1) is 19.4. The van der Waals surface area contributed by atoms with Gasteiger partial charge in [-0.05, 0) is 30.5 Å². The minimum Gasteiger partial charge on any atom is -0.445 e. The maximum atomic E-state index is 12.8. The second kappa shape index (κ2) is 16.5. The Hall–Kier alpha value is -4.55. The molecule has 1 unspecified atom stereocenters. The number of nitrogens with two attached hydrogens (primary N) is 1. The third kappa shape index (κ3) is 13.4. The van der Waals surface area contributed by atoms with Gasteiger partial charge in [-0.1, -0.05) is 72.8 Å². The largest absolute Gasteiger partial charge is 0.445 e. The highest BCUT2D eigenvalue weighted by Gasteiger charge is 2.19. The zero-order chi connectivity index (χ0) is 30.3. The lowest BCUT2D eigenvalue weighted by atomic mass is 9.98. The van der Waals surface area contributed by atoms with Gasteiger partial charge in [0.1, 0.15) is 12.4 Å². The normalized spacial score (nSPS) is 11.3. The molecule has 5 N–H and O–H groups in total. The number of carbonyl (C=O) groups is 3. The SMILES string of the molecule is CS(=O)(=O)O.N=C(N)C(CCNC(=O)OCc1ccccc1)CCC(=O)Oc1ccccc1C(=O)c1ccccc1. The van der Waals surface area contributed by atoms with Crippen molar-refractivity contribution in [1.82, 2.24) is 5.32 Å². The van der Waals surface area contributed by atoms with Crippen LogP contribution in [0.2, 0.25) is 0 Å². The van der Waals surface area contributed by atoms with E-state index in [0.717, 1.165) is 5.56 Å². The summed E-state index contributed by atoms with van der Waals surface area (Å²) in [4.78, 5) is 37.2. The summed E-state index contributed by atoms with van der Waals surface area (Å²) in [7, 11) is -3.67. The number of alkyl carbamates (subject to hydrolysis) is 1. The Morgan fingerprint density at radius 3 is 2.10 bits per heavy atom. The molecule has 3 aromatic rings. The van der Waals surface area contributed by atoms with Crippen LogP contribution < -0.4 is 15.8 Å². The first-order valence-electron chi connectivity index (χ1n) is 12.5. The molecule has 0 aliphatic heterocycles. The van der Waals surface area contributed by atoms with Crippen molar-refractivity contribution in [2.45, 2.75) is 25.9 Å². The highest BCUT2D eigenvalue weighted by Crippen LogP contribution is 2.23. The summed E-state index contributed by atoms with van der Waals surface area (Å²) in [5.41, 5.74) is 7.36. The summed E-state index contributed by atoms with van der Waals surface area (Å²) in [6.07, 6.45) is 0.777. The van der Waals surface area contributed by atoms with E-state index in [4.69, 9.17) is 25.2 Å². The molecule has 41 heavy (non-hydrogen) atoms. The number of hydrogen-bond donors (Lipinski definition) is 4. The second-order valence-electron chi connectivity index (χ2n) is 8.87. The van der Waals surface area contributed by atoms with E-state index in [0.29, 0.717) is 23.8 Å². The summed E-state index contributed by atoms with van der Waals surface area (Å²) in [5, 5.41) is 10.5. The van der Waals surface area contributed by atoms with Crippen LogP contribution in [0.5, 0.6) is 5.75 Å². The molecule has 0 aliphatic carbocycles. The van der Waals surface area contributed by atoms with E-state index in [1.807, 2.05) is 36.4 Å². The highest BCUT2D eigenvalue weighted by molar-refractivity contribution is 7.85. The molecule has 12 heteroatoms. The predicted molar refractivity (Wildman–Crippen MR) is 153 cm³/mol. The topological polar surface area (TPSA) is 186 Å². The Labute approximate surface area is 238 Å². The maximum absolute atomic E-state index is 12.8. The van der Waals surface area contributed by atoms with E-state index in [2.05, 4.69) is 5.32 Å². The van der Waals surface area contributed by atoms with Crippen LogP contribution in [0.1, 0.15) is 40.7 Å². The van der Waals surface area contributed by atoms with Gasteiger partial charge in [0.2, 0.25) is 0 Å². The molecule has 0 aliphatic rings. The maximum Gasteiger partial charge on any atom is 0.407 e. The third-order valence-corrected chi connectivity index (χ3v) is 5.50. The Morgan fingerprint density at radius 2 is 1.49 bits per heavy atom. The Balaban J connectivity index is 0.00000108. The minimum atomic E-state index is -3.67. The first-order valence-corrected chi connectivity index (χ1v) is 14.4. The van der Waals surface area contributed by atoms with E-state index in [1.54, 1.807) is 48.5 Å². The monoisotopic (exact) mass is 583 g/mol. The van der Waals surface area contributed by atoms with Crippen LogP contribution in [0.15, 0.2) is 84.9 Å². The van der Waals surface area contributed by atoms with E-state index in [1.165, 1.54) is 0 Å². The van der Waals surface area contributed by atoms with Crippen LogP contribution in [-0.2, 0) is 26.3 Å². The molecule has 0 fully saturated rings.